The quantitative estimate of drug-likeness (QED) is 0.875. The fourth-order valence-corrected chi connectivity index (χ4v) is 2.64. The molecular formula is C15H18ClNO4. The second kappa shape index (κ2) is 6.80. The summed E-state index contributed by atoms with van der Waals surface area (Å²) in [5, 5.41) is 12.2. The van der Waals surface area contributed by atoms with Gasteiger partial charge in [0.2, 0.25) is 0 Å². The number of nitrogens with one attached hydrogen (secondary N) is 1. The molecule has 0 bridgehead atoms. The van der Waals surface area contributed by atoms with E-state index in [2.05, 4.69) is 5.32 Å². The Balaban J connectivity index is 1.80. The van der Waals surface area contributed by atoms with Crippen LogP contribution in [-0.4, -0.2) is 29.6 Å². The second-order valence-corrected chi connectivity index (χ2v) is 5.74. The van der Waals surface area contributed by atoms with Crippen molar-refractivity contribution in [3.05, 3.63) is 28.8 Å². The standard InChI is InChI=1S/C15H18ClNO4/c1-9-2-5-12(16)13(6-9)21-8-14(18)17-11-4-3-10(7-11)15(19)20/h2,5-6,10-11H,3-4,7-8H2,1H3,(H,17,18)(H,19,20). The van der Waals surface area contributed by atoms with E-state index in [0.29, 0.717) is 30.0 Å². The van der Waals surface area contributed by atoms with Crippen LogP contribution in [0.15, 0.2) is 18.2 Å². The van der Waals surface area contributed by atoms with E-state index in [0.717, 1.165) is 5.56 Å². The van der Waals surface area contributed by atoms with Crippen molar-refractivity contribution in [1.82, 2.24) is 5.32 Å². The van der Waals surface area contributed by atoms with Crippen LogP contribution in [0.4, 0.5) is 0 Å². The minimum absolute atomic E-state index is 0.0878. The summed E-state index contributed by atoms with van der Waals surface area (Å²) in [6, 6.07) is 5.26. The Bertz CT molecular complexity index is 546. The number of aliphatic carboxylic acids is 1. The van der Waals surface area contributed by atoms with Crippen molar-refractivity contribution >= 4 is 23.5 Å². The maximum Gasteiger partial charge on any atom is 0.306 e. The molecular weight excluding hydrogens is 294 g/mol. The van der Waals surface area contributed by atoms with Gasteiger partial charge in [-0.2, -0.15) is 0 Å². The number of amides is 1. The molecule has 21 heavy (non-hydrogen) atoms. The summed E-state index contributed by atoms with van der Waals surface area (Å²) in [4.78, 5) is 22.7. The number of carbonyl (C=O) groups excluding carboxylic acids is 1. The third-order valence-corrected chi connectivity index (χ3v) is 3.90. The Hall–Kier alpha value is -1.75. The number of carboxylic acid groups (broad SMARTS) is 1. The molecule has 0 saturated heterocycles. The monoisotopic (exact) mass is 311 g/mol. The van der Waals surface area contributed by atoms with E-state index in [1.165, 1.54) is 0 Å². The third kappa shape index (κ3) is 4.36. The molecule has 2 rings (SSSR count). The zero-order valence-corrected chi connectivity index (χ0v) is 12.5. The minimum Gasteiger partial charge on any atom is -0.482 e. The van der Waals surface area contributed by atoms with E-state index in [1.807, 2.05) is 13.0 Å². The molecule has 5 nitrogen and oxygen atoms in total. The molecule has 0 heterocycles. The molecule has 2 atom stereocenters. The molecule has 1 aromatic rings. The fraction of sp³-hybridized carbons (Fsp3) is 0.467. The average molecular weight is 312 g/mol. The van der Waals surface area contributed by atoms with Gasteiger partial charge in [-0.1, -0.05) is 17.7 Å². The van der Waals surface area contributed by atoms with Crippen LogP contribution in [0.5, 0.6) is 5.75 Å². The van der Waals surface area contributed by atoms with Gasteiger partial charge in [-0.15, -0.1) is 0 Å². The zero-order valence-electron chi connectivity index (χ0n) is 11.8. The smallest absolute Gasteiger partial charge is 0.306 e. The number of rotatable bonds is 5. The van der Waals surface area contributed by atoms with Crippen LogP contribution in [0.2, 0.25) is 5.02 Å². The van der Waals surface area contributed by atoms with Crippen molar-refractivity contribution in [2.75, 3.05) is 6.61 Å². The maximum absolute atomic E-state index is 11.8. The summed E-state index contributed by atoms with van der Waals surface area (Å²) in [6.07, 6.45) is 1.77. The van der Waals surface area contributed by atoms with Crippen LogP contribution >= 0.6 is 11.6 Å². The van der Waals surface area contributed by atoms with Gasteiger partial charge in [0, 0.05) is 6.04 Å². The molecule has 1 amide bonds. The largest absolute Gasteiger partial charge is 0.482 e. The molecule has 1 fully saturated rings. The Morgan fingerprint density at radius 2 is 2.19 bits per heavy atom. The zero-order chi connectivity index (χ0) is 15.4. The lowest BCUT2D eigenvalue weighted by molar-refractivity contribution is -0.141. The molecule has 0 spiro atoms. The first-order chi connectivity index (χ1) is 9.95. The van der Waals surface area contributed by atoms with Crippen molar-refractivity contribution in [3.63, 3.8) is 0 Å². The summed E-state index contributed by atoms with van der Waals surface area (Å²) >= 11 is 5.98. The van der Waals surface area contributed by atoms with Crippen LogP contribution in [0.1, 0.15) is 24.8 Å². The summed E-state index contributed by atoms with van der Waals surface area (Å²) in [5.41, 5.74) is 0.995. The van der Waals surface area contributed by atoms with Crippen LogP contribution < -0.4 is 10.1 Å². The summed E-state index contributed by atoms with van der Waals surface area (Å²) in [6.45, 7) is 1.78. The van der Waals surface area contributed by atoms with E-state index in [4.69, 9.17) is 21.4 Å². The van der Waals surface area contributed by atoms with Gasteiger partial charge in [0.15, 0.2) is 6.61 Å². The number of hydrogen-bond acceptors (Lipinski definition) is 3. The van der Waals surface area contributed by atoms with Crippen molar-refractivity contribution in [1.29, 1.82) is 0 Å². The first-order valence-electron chi connectivity index (χ1n) is 6.87. The van der Waals surface area contributed by atoms with Gasteiger partial charge < -0.3 is 15.2 Å². The molecule has 6 heteroatoms. The highest BCUT2D eigenvalue weighted by Crippen LogP contribution is 2.26. The third-order valence-electron chi connectivity index (χ3n) is 3.59. The van der Waals surface area contributed by atoms with E-state index in [9.17, 15) is 9.59 Å². The fourth-order valence-electron chi connectivity index (χ4n) is 2.47. The number of halogens is 1. The minimum atomic E-state index is -0.797. The van der Waals surface area contributed by atoms with Crippen molar-refractivity contribution in [3.8, 4) is 5.75 Å². The lowest BCUT2D eigenvalue weighted by Crippen LogP contribution is -2.36. The van der Waals surface area contributed by atoms with Gasteiger partial charge >= 0.3 is 5.97 Å². The van der Waals surface area contributed by atoms with Gasteiger partial charge in [-0.3, -0.25) is 9.59 Å². The predicted molar refractivity (Wildman–Crippen MR) is 78.6 cm³/mol. The Kier molecular flexibility index (Phi) is 5.07. The van der Waals surface area contributed by atoms with E-state index in [1.54, 1.807) is 12.1 Å². The van der Waals surface area contributed by atoms with E-state index in [-0.39, 0.29) is 24.5 Å². The molecule has 1 aliphatic rings. The molecule has 1 aliphatic carbocycles. The van der Waals surface area contributed by atoms with Crippen LogP contribution in [0.3, 0.4) is 0 Å². The highest BCUT2D eigenvalue weighted by Gasteiger charge is 2.30. The molecule has 2 N–H and O–H groups in total. The van der Waals surface area contributed by atoms with Gasteiger partial charge in [-0.05, 0) is 43.9 Å². The lowest BCUT2D eigenvalue weighted by Gasteiger charge is -2.13. The topological polar surface area (TPSA) is 75.6 Å². The summed E-state index contributed by atoms with van der Waals surface area (Å²) in [7, 11) is 0. The molecule has 1 saturated carbocycles. The number of aryl methyl sites for hydroxylation is 1. The van der Waals surface area contributed by atoms with Crippen molar-refractivity contribution in [2.24, 2.45) is 5.92 Å². The summed E-state index contributed by atoms with van der Waals surface area (Å²) in [5.74, 6) is -0.942. The van der Waals surface area contributed by atoms with Crippen molar-refractivity contribution in [2.45, 2.75) is 32.2 Å². The SMILES string of the molecule is Cc1ccc(Cl)c(OCC(=O)NC2CCC(C(=O)O)C2)c1. The summed E-state index contributed by atoms with van der Waals surface area (Å²) < 4.78 is 5.40. The van der Waals surface area contributed by atoms with Crippen LogP contribution in [-0.2, 0) is 9.59 Å². The normalized spacial score (nSPS) is 21.0. The van der Waals surface area contributed by atoms with Gasteiger partial charge in [0.1, 0.15) is 5.75 Å². The number of carboxylic acids is 1. The maximum atomic E-state index is 11.8. The Labute approximate surface area is 128 Å². The highest BCUT2D eigenvalue weighted by molar-refractivity contribution is 6.32. The van der Waals surface area contributed by atoms with Crippen LogP contribution in [0, 0.1) is 12.8 Å². The van der Waals surface area contributed by atoms with E-state index < -0.39 is 5.97 Å². The number of hydrogen-bond donors (Lipinski definition) is 2. The first kappa shape index (κ1) is 15.6. The molecule has 0 radical (unpaired) electrons. The lowest BCUT2D eigenvalue weighted by atomic mass is 10.1. The number of carbonyl (C=O) groups is 2. The molecule has 114 valence electrons. The molecule has 0 aliphatic heterocycles. The Morgan fingerprint density at radius 3 is 2.86 bits per heavy atom. The van der Waals surface area contributed by atoms with Gasteiger partial charge in [-0.25, -0.2) is 0 Å². The van der Waals surface area contributed by atoms with Crippen molar-refractivity contribution < 1.29 is 19.4 Å². The second-order valence-electron chi connectivity index (χ2n) is 5.34. The van der Waals surface area contributed by atoms with E-state index >= 15 is 0 Å². The van der Waals surface area contributed by atoms with Crippen LogP contribution in [0.25, 0.3) is 0 Å². The first-order valence-corrected chi connectivity index (χ1v) is 7.24. The van der Waals surface area contributed by atoms with Gasteiger partial charge in [0.25, 0.3) is 5.91 Å². The predicted octanol–water partition coefficient (Wildman–Crippen LogP) is 2.40. The average Bonchev–Trinajstić information content (AvgIpc) is 2.88. The number of benzene rings is 1. The Morgan fingerprint density at radius 1 is 1.43 bits per heavy atom. The molecule has 1 aromatic carbocycles. The highest BCUT2D eigenvalue weighted by atomic mass is 35.5. The molecule has 0 aromatic heterocycles. The number of ether oxygens (including phenoxy) is 1. The molecule has 2 unspecified atom stereocenters. The van der Waals surface area contributed by atoms with Gasteiger partial charge in [0.05, 0.1) is 10.9 Å².